The average Bonchev–Trinajstić information content (AvgIpc) is 3.22. The first kappa shape index (κ1) is 16.0. The van der Waals surface area contributed by atoms with E-state index in [0.717, 1.165) is 12.1 Å². The number of aromatic nitrogens is 1. The number of ether oxygens (including phenoxy) is 1. The first-order valence-corrected chi connectivity index (χ1v) is 8.16. The zero-order chi connectivity index (χ0) is 16.6. The Morgan fingerprint density at radius 2 is 2.30 bits per heavy atom. The van der Waals surface area contributed by atoms with Crippen molar-refractivity contribution in [3.63, 3.8) is 0 Å². The molecular formula is C17H19ClN2O3. The van der Waals surface area contributed by atoms with Crippen molar-refractivity contribution in [3.05, 3.63) is 34.6 Å². The first-order valence-electron chi connectivity index (χ1n) is 7.78. The van der Waals surface area contributed by atoms with Gasteiger partial charge in [-0.05, 0) is 31.1 Å². The molecule has 6 heteroatoms. The number of Topliss-reactive ketones (excluding diaryl/α,β-unsaturated/α-hetero) is 1. The van der Waals surface area contributed by atoms with Crippen LogP contribution in [-0.2, 0) is 16.1 Å². The van der Waals surface area contributed by atoms with Crippen molar-refractivity contribution in [1.82, 2.24) is 4.57 Å². The number of carbonyl (C=O) groups excluding carboxylic acids is 2. The Hall–Kier alpha value is -1.88. The topological polar surface area (TPSA) is 60.7 Å². The Balaban J connectivity index is 2.02. The number of hydrogen-bond donors (Lipinski definition) is 0. The maximum atomic E-state index is 13.2. The predicted octanol–water partition coefficient (Wildman–Crippen LogP) is 3.16. The molecule has 0 saturated heterocycles. The Bertz CT molecular complexity index is 706. The molecule has 0 N–H and O–H groups in total. The summed E-state index contributed by atoms with van der Waals surface area (Å²) in [4.78, 5) is 29.5. The third kappa shape index (κ3) is 2.43. The highest BCUT2D eigenvalue weighted by Gasteiger charge is 2.42. The number of aliphatic imine (C=N–C) groups is 1. The number of halogens is 1. The fraction of sp³-hybridized carbons (Fsp3) is 0.471. The van der Waals surface area contributed by atoms with Crippen molar-refractivity contribution in [1.29, 1.82) is 0 Å². The number of rotatable bonds is 5. The van der Waals surface area contributed by atoms with Crippen LogP contribution in [0.15, 0.2) is 23.2 Å². The lowest BCUT2D eigenvalue weighted by Crippen LogP contribution is -2.35. The number of methoxy groups -OCH3 is 1. The number of esters is 1. The fourth-order valence-electron chi connectivity index (χ4n) is 3.48. The maximum absolute atomic E-state index is 13.2. The molecule has 2 aliphatic heterocycles. The van der Waals surface area contributed by atoms with E-state index in [1.54, 1.807) is 18.4 Å². The lowest BCUT2D eigenvalue weighted by Gasteiger charge is -2.23. The summed E-state index contributed by atoms with van der Waals surface area (Å²) in [7, 11) is 1.37. The second-order valence-electron chi connectivity index (χ2n) is 5.92. The summed E-state index contributed by atoms with van der Waals surface area (Å²) < 4.78 is 6.70. The Morgan fingerprint density at radius 1 is 1.52 bits per heavy atom. The number of allylic oxidation sites excluding steroid dienone is 1. The van der Waals surface area contributed by atoms with Gasteiger partial charge in [-0.2, -0.15) is 0 Å². The van der Waals surface area contributed by atoms with Crippen molar-refractivity contribution in [2.24, 2.45) is 4.99 Å². The van der Waals surface area contributed by atoms with Gasteiger partial charge >= 0.3 is 5.97 Å². The van der Waals surface area contributed by atoms with Gasteiger partial charge in [-0.1, -0.05) is 24.9 Å². The van der Waals surface area contributed by atoms with E-state index in [4.69, 9.17) is 16.3 Å². The Labute approximate surface area is 140 Å². The van der Waals surface area contributed by atoms with E-state index in [9.17, 15) is 9.59 Å². The summed E-state index contributed by atoms with van der Waals surface area (Å²) in [5.74, 6) is -0.756. The molecule has 122 valence electrons. The molecule has 23 heavy (non-hydrogen) atoms. The van der Waals surface area contributed by atoms with E-state index in [1.165, 1.54) is 7.11 Å². The second kappa shape index (κ2) is 5.96. The van der Waals surface area contributed by atoms with Gasteiger partial charge in [-0.15, -0.1) is 0 Å². The minimum atomic E-state index is -0.864. The molecule has 1 aromatic rings. The van der Waals surface area contributed by atoms with Crippen molar-refractivity contribution >= 4 is 29.6 Å². The average molecular weight is 335 g/mol. The van der Waals surface area contributed by atoms with Crippen LogP contribution in [0.4, 0.5) is 0 Å². The van der Waals surface area contributed by atoms with E-state index in [2.05, 4.69) is 4.99 Å². The lowest BCUT2D eigenvalue weighted by atomic mass is 9.88. The number of fused-ring (bicyclic) bond motifs is 1. The third-order valence-corrected chi connectivity index (χ3v) is 4.86. The van der Waals surface area contributed by atoms with E-state index >= 15 is 0 Å². The largest absolute Gasteiger partial charge is 0.469 e. The quantitative estimate of drug-likeness (QED) is 0.614. The van der Waals surface area contributed by atoms with Crippen LogP contribution >= 0.6 is 11.6 Å². The van der Waals surface area contributed by atoms with Gasteiger partial charge in [0.1, 0.15) is 11.2 Å². The fourth-order valence-corrected chi connectivity index (χ4v) is 3.78. The summed E-state index contributed by atoms with van der Waals surface area (Å²) in [5.41, 5.74) is 0.338. The van der Waals surface area contributed by atoms with Crippen LogP contribution in [-0.4, -0.2) is 35.2 Å². The van der Waals surface area contributed by atoms with E-state index in [1.807, 2.05) is 17.6 Å². The summed E-state index contributed by atoms with van der Waals surface area (Å²) in [6.45, 7) is 2.60. The number of hydrogen-bond acceptors (Lipinski definition) is 4. The highest BCUT2D eigenvalue weighted by molar-refractivity contribution is 6.34. The SMILES string of the molecule is CCCC1(C(=O)c2c(Cl)cc3n2CCC3C(=O)OC)C=CC=N1. The molecule has 2 aliphatic rings. The summed E-state index contributed by atoms with van der Waals surface area (Å²) in [6, 6.07) is 1.71. The number of carbonyl (C=O) groups is 2. The highest BCUT2D eigenvalue weighted by atomic mass is 35.5. The normalized spacial score (nSPS) is 24.9. The number of ketones is 1. The number of nitrogens with zero attached hydrogens (tertiary/aromatic N) is 2. The van der Waals surface area contributed by atoms with Gasteiger partial charge in [0.15, 0.2) is 0 Å². The van der Waals surface area contributed by atoms with Gasteiger partial charge in [0.05, 0.1) is 18.1 Å². The van der Waals surface area contributed by atoms with Crippen molar-refractivity contribution in [3.8, 4) is 0 Å². The molecule has 3 rings (SSSR count). The van der Waals surface area contributed by atoms with Gasteiger partial charge < -0.3 is 9.30 Å². The second-order valence-corrected chi connectivity index (χ2v) is 6.33. The minimum absolute atomic E-state index is 0.105. The van der Waals surface area contributed by atoms with Crippen LogP contribution < -0.4 is 0 Å². The molecule has 1 aromatic heterocycles. The lowest BCUT2D eigenvalue weighted by molar-refractivity contribution is -0.142. The standard InChI is InChI=1S/C17H19ClN2O3/c1-3-6-17(7-4-8-19-17)15(21)14-12(18)10-13-11(16(22)23-2)5-9-20(13)14/h4,7-8,10-11H,3,5-6,9H2,1-2H3. The molecule has 0 aliphatic carbocycles. The van der Waals surface area contributed by atoms with Crippen molar-refractivity contribution in [2.75, 3.05) is 7.11 Å². The Kier molecular flexibility index (Phi) is 4.15. The maximum Gasteiger partial charge on any atom is 0.314 e. The molecule has 2 atom stereocenters. The van der Waals surface area contributed by atoms with E-state index in [-0.39, 0.29) is 17.7 Å². The molecule has 0 spiro atoms. The van der Waals surface area contributed by atoms with Crippen molar-refractivity contribution < 1.29 is 14.3 Å². The molecule has 3 heterocycles. The zero-order valence-electron chi connectivity index (χ0n) is 13.2. The minimum Gasteiger partial charge on any atom is -0.469 e. The van der Waals surface area contributed by atoms with Gasteiger partial charge in [-0.3, -0.25) is 14.6 Å². The molecule has 0 saturated carbocycles. The summed E-state index contributed by atoms with van der Waals surface area (Å²) in [5, 5.41) is 0.379. The van der Waals surface area contributed by atoms with Crippen molar-refractivity contribution in [2.45, 2.75) is 44.2 Å². The molecule has 5 nitrogen and oxygen atoms in total. The van der Waals surface area contributed by atoms with E-state index in [0.29, 0.717) is 30.1 Å². The van der Waals surface area contributed by atoms with Gasteiger partial charge in [0, 0.05) is 18.5 Å². The highest BCUT2D eigenvalue weighted by Crippen LogP contribution is 2.39. The zero-order valence-corrected chi connectivity index (χ0v) is 14.0. The molecular weight excluding hydrogens is 316 g/mol. The van der Waals surface area contributed by atoms with Gasteiger partial charge in [-0.25, -0.2) is 0 Å². The molecule has 0 bridgehead atoms. The molecule has 0 fully saturated rings. The van der Waals surface area contributed by atoms with Gasteiger partial charge in [0.25, 0.3) is 0 Å². The Morgan fingerprint density at radius 3 is 2.91 bits per heavy atom. The molecule has 0 radical (unpaired) electrons. The summed E-state index contributed by atoms with van der Waals surface area (Å²) >= 11 is 6.34. The first-order chi connectivity index (χ1) is 11.0. The smallest absolute Gasteiger partial charge is 0.314 e. The molecule has 0 amide bonds. The van der Waals surface area contributed by atoms with Crippen LogP contribution in [0.2, 0.25) is 5.02 Å². The van der Waals surface area contributed by atoms with Crippen LogP contribution in [0.5, 0.6) is 0 Å². The third-order valence-electron chi connectivity index (χ3n) is 4.57. The van der Waals surface area contributed by atoms with Crippen LogP contribution in [0, 0.1) is 0 Å². The van der Waals surface area contributed by atoms with Gasteiger partial charge in [0.2, 0.25) is 5.78 Å². The monoisotopic (exact) mass is 334 g/mol. The van der Waals surface area contributed by atoms with Crippen LogP contribution in [0.3, 0.4) is 0 Å². The predicted molar refractivity (Wildman–Crippen MR) is 88.4 cm³/mol. The molecule has 0 aromatic carbocycles. The summed E-state index contributed by atoms with van der Waals surface area (Å²) in [6.07, 6.45) is 7.39. The van der Waals surface area contributed by atoms with Crippen LogP contribution in [0.1, 0.15) is 48.3 Å². The van der Waals surface area contributed by atoms with E-state index < -0.39 is 5.54 Å². The molecule has 2 unspecified atom stereocenters. The van der Waals surface area contributed by atoms with Crippen LogP contribution in [0.25, 0.3) is 0 Å².